The second-order valence-corrected chi connectivity index (χ2v) is 6.17. The summed E-state index contributed by atoms with van der Waals surface area (Å²) in [6.07, 6.45) is 0.226. The lowest BCUT2D eigenvalue weighted by Gasteiger charge is -2.23. The number of halogens is 2. The first-order valence-corrected chi connectivity index (χ1v) is 6.60. The summed E-state index contributed by atoms with van der Waals surface area (Å²) < 4.78 is 5.65. The molecule has 2 heterocycles. The lowest BCUT2D eigenvalue weighted by Crippen LogP contribution is -2.55. The molecule has 0 bridgehead atoms. The highest BCUT2D eigenvalue weighted by molar-refractivity contribution is 7.20. The van der Waals surface area contributed by atoms with Gasteiger partial charge in [-0.2, -0.15) is 0 Å². The van der Waals surface area contributed by atoms with Gasteiger partial charge in [0.05, 0.1) is 16.5 Å². The maximum absolute atomic E-state index is 12.0. The summed E-state index contributed by atoms with van der Waals surface area (Å²) >= 11 is 12.6. The summed E-state index contributed by atoms with van der Waals surface area (Å²) in [4.78, 5) is 23.2. The molecule has 0 aromatic carbocycles. The Morgan fingerprint density at radius 3 is 2.67 bits per heavy atom. The molecule has 0 saturated carbocycles. The van der Waals surface area contributed by atoms with E-state index in [1.54, 1.807) is 0 Å². The third-order valence-corrected chi connectivity index (χ3v) is 4.17. The number of aliphatic carboxylic acids is 1. The number of carboxylic acids is 1. The van der Waals surface area contributed by atoms with Crippen LogP contribution in [0, 0.1) is 0 Å². The maximum Gasteiger partial charge on any atom is 0.331 e. The van der Waals surface area contributed by atoms with Gasteiger partial charge in [0, 0.05) is 13.0 Å². The molecule has 98 valence electrons. The first-order valence-electron chi connectivity index (χ1n) is 5.03. The Morgan fingerprint density at radius 1 is 1.50 bits per heavy atom. The van der Waals surface area contributed by atoms with Crippen molar-refractivity contribution in [2.75, 3.05) is 13.2 Å². The molecule has 1 atom stereocenters. The van der Waals surface area contributed by atoms with E-state index in [-0.39, 0.29) is 22.9 Å². The van der Waals surface area contributed by atoms with Crippen LogP contribution in [0.3, 0.4) is 0 Å². The summed E-state index contributed by atoms with van der Waals surface area (Å²) in [6.45, 7) is 0.244. The van der Waals surface area contributed by atoms with Crippen molar-refractivity contribution in [1.29, 1.82) is 0 Å². The summed E-state index contributed by atoms with van der Waals surface area (Å²) in [7, 11) is 0. The molecule has 1 aliphatic rings. The highest BCUT2D eigenvalue weighted by atomic mass is 35.5. The third kappa shape index (κ3) is 2.47. The molecule has 0 aliphatic carbocycles. The average Bonchev–Trinajstić information content (AvgIpc) is 2.86. The van der Waals surface area contributed by atoms with Crippen molar-refractivity contribution in [3.05, 3.63) is 20.3 Å². The van der Waals surface area contributed by atoms with E-state index in [0.29, 0.717) is 10.9 Å². The van der Waals surface area contributed by atoms with E-state index in [4.69, 9.17) is 27.9 Å². The third-order valence-electron chi connectivity index (χ3n) is 2.69. The van der Waals surface area contributed by atoms with Crippen molar-refractivity contribution in [3.63, 3.8) is 0 Å². The van der Waals surface area contributed by atoms with Crippen molar-refractivity contribution in [3.8, 4) is 0 Å². The van der Waals surface area contributed by atoms with Crippen LogP contribution in [0.1, 0.15) is 16.8 Å². The van der Waals surface area contributed by atoms with Crippen LogP contribution < -0.4 is 5.32 Å². The zero-order chi connectivity index (χ0) is 13.3. The summed E-state index contributed by atoms with van der Waals surface area (Å²) in [5.41, 5.74) is -1.20. The fourth-order valence-electron chi connectivity index (χ4n) is 1.67. The average molecular weight is 310 g/mol. The van der Waals surface area contributed by atoms with Crippen LogP contribution in [0.15, 0.2) is 6.07 Å². The van der Waals surface area contributed by atoms with Crippen LogP contribution in [0.5, 0.6) is 0 Å². The minimum absolute atomic E-state index is 0.0520. The minimum Gasteiger partial charge on any atom is -0.479 e. The van der Waals surface area contributed by atoms with E-state index >= 15 is 0 Å². The predicted octanol–water partition coefficient (Wildman–Crippen LogP) is 2.03. The Kier molecular flexibility index (Phi) is 3.82. The molecule has 2 rings (SSSR count). The Labute approximate surface area is 117 Å². The number of amides is 1. The zero-order valence-electron chi connectivity index (χ0n) is 9.03. The zero-order valence-corrected chi connectivity index (χ0v) is 11.4. The van der Waals surface area contributed by atoms with Crippen molar-refractivity contribution in [2.24, 2.45) is 0 Å². The van der Waals surface area contributed by atoms with Gasteiger partial charge >= 0.3 is 5.97 Å². The topological polar surface area (TPSA) is 75.6 Å². The van der Waals surface area contributed by atoms with E-state index in [0.717, 1.165) is 11.3 Å². The van der Waals surface area contributed by atoms with Gasteiger partial charge in [-0.05, 0) is 6.07 Å². The van der Waals surface area contributed by atoms with E-state index in [1.165, 1.54) is 6.07 Å². The normalized spacial score (nSPS) is 23.0. The maximum atomic E-state index is 12.0. The van der Waals surface area contributed by atoms with Gasteiger partial charge in [0.25, 0.3) is 5.91 Å². The Balaban J connectivity index is 2.20. The molecule has 8 heteroatoms. The highest BCUT2D eigenvalue weighted by Gasteiger charge is 2.44. The fraction of sp³-hybridized carbons (Fsp3) is 0.400. The number of carboxylic acid groups (broad SMARTS) is 1. The standard InChI is InChI=1S/C10H9Cl2NO4S/c11-6-3-5(7(12)18-6)8(14)13-10(9(15)16)1-2-17-4-10/h3H,1-2,4H2,(H,13,14)(H,15,16). The molecule has 1 amide bonds. The van der Waals surface area contributed by atoms with E-state index in [9.17, 15) is 14.7 Å². The van der Waals surface area contributed by atoms with Crippen molar-refractivity contribution < 1.29 is 19.4 Å². The number of ether oxygens (including phenoxy) is 1. The summed E-state index contributed by atoms with van der Waals surface area (Å²) in [5.74, 6) is -1.68. The number of rotatable bonds is 3. The molecule has 18 heavy (non-hydrogen) atoms. The number of hydrogen-bond donors (Lipinski definition) is 2. The van der Waals surface area contributed by atoms with Crippen molar-refractivity contribution in [1.82, 2.24) is 5.32 Å². The summed E-state index contributed by atoms with van der Waals surface area (Å²) in [6, 6.07) is 1.41. The molecule has 1 unspecified atom stereocenters. The molecule has 1 aromatic rings. The quantitative estimate of drug-likeness (QED) is 0.895. The Bertz CT molecular complexity index is 496. The van der Waals surface area contributed by atoms with Crippen LogP contribution in [0.25, 0.3) is 0 Å². The van der Waals surface area contributed by atoms with Gasteiger partial charge in [0.15, 0.2) is 5.54 Å². The number of nitrogens with one attached hydrogen (secondary N) is 1. The lowest BCUT2D eigenvalue weighted by molar-refractivity contribution is -0.144. The minimum atomic E-state index is -1.38. The fourth-order valence-corrected chi connectivity index (χ4v) is 3.12. The molecule has 0 spiro atoms. The van der Waals surface area contributed by atoms with Crippen LogP contribution in [-0.4, -0.2) is 35.7 Å². The number of carbonyl (C=O) groups is 2. The van der Waals surface area contributed by atoms with Crippen molar-refractivity contribution >= 4 is 46.4 Å². The first kappa shape index (κ1) is 13.6. The van der Waals surface area contributed by atoms with Gasteiger partial charge in [-0.15, -0.1) is 11.3 Å². The smallest absolute Gasteiger partial charge is 0.331 e. The van der Waals surface area contributed by atoms with Gasteiger partial charge in [-0.25, -0.2) is 4.79 Å². The molecule has 1 saturated heterocycles. The van der Waals surface area contributed by atoms with Gasteiger partial charge in [-0.1, -0.05) is 23.2 Å². The molecule has 2 N–H and O–H groups in total. The molecular formula is C10H9Cl2NO4S. The summed E-state index contributed by atoms with van der Waals surface area (Å²) in [5, 5.41) is 11.6. The Hall–Kier alpha value is -0.820. The van der Waals surface area contributed by atoms with Crippen LogP contribution >= 0.6 is 34.5 Å². The van der Waals surface area contributed by atoms with E-state index in [2.05, 4.69) is 5.32 Å². The Morgan fingerprint density at radius 2 is 2.22 bits per heavy atom. The highest BCUT2D eigenvalue weighted by Crippen LogP contribution is 2.31. The van der Waals surface area contributed by atoms with Crippen LogP contribution in [0.4, 0.5) is 0 Å². The monoisotopic (exact) mass is 309 g/mol. The van der Waals surface area contributed by atoms with Crippen LogP contribution in [0.2, 0.25) is 8.67 Å². The van der Waals surface area contributed by atoms with Gasteiger partial charge < -0.3 is 15.2 Å². The number of carbonyl (C=O) groups excluding carboxylic acids is 1. The molecule has 1 aliphatic heterocycles. The van der Waals surface area contributed by atoms with E-state index in [1.807, 2.05) is 0 Å². The lowest BCUT2D eigenvalue weighted by atomic mass is 9.98. The van der Waals surface area contributed by atoms with Crippen LogP contribution in [-0.2, 0) is 9.53 Å². The molecular weight excluding hydrogens is 301 g/mol. The molecule has 5 nitrogen and oxygen atoms in total. The van der Waals surface area contributed by atoms with Gasteiger partial charge in [-0.3, -0.25) is 4.79 Å². The number of thiophene rings is 1. The first-order chi connectivity index (χ1) is 8.44. The van der Waals surface area contributed by atoms with Gasteiger partial charge in [0.2, 0.25) is 0 Å². The number of hydrogen-bond acceptors (Lipinski definition) is 4. The molecule has 1 fully saturated rings. The largest absolute Gasteiger partial charge is 0.479 e. The second kappa shape index (κ2) is 5.05. The predicted molar refractivity (Wildman–Crippen MR) is 67.6 cm³/mol. The van der Waals surface area contributed by atoms with E-state index < -0.39 is 17.4 Å². The molecule has 1 aromatic heterocycles. The second-order valence-electron chi connectivity index (χ2n) is 3.88. The SMILES string of the molecule is O=C(NC1(C(=O)O)CCOC1)c1cc(Cl)sc1Cl. The molecule has 0 radical (unpaired) electrons. The van der Waals surface area contributed by atoms with Crippen molar-refractivity contribution in [2.45, 2.75) is 12.0 Å². The van der Waals surface area contributed by atoms with Gasteiger partial charge in [0.1, 0.15) is 4.34 Å².